The van der Waals surface area contributed by atoms with Crippen molar-refractivity contribution in [1.82, 2.24) is 4.72 Å². The maximum absolute atomic E-state index is 12.6. The smallest absolute Gasteiger partial charge is 0.264 e. The first-order valence-corrected chi connectivity index (χ1v) is 10.2. The predicted molar refractivity (Wildman–Crippen MR) is 107 cm³/mol. The van der Waals surface area contributed by atoms with E-state index in [1.807, 2.05) is 4.72 Å². The number of benzene rings is 3. The van der Waals surface area contributed by atoms with Crippen LogP contribution < -0.4 is 10.0 Å². The lowest BCUT2D eigenvalue weighted by Gasteiger charge is -2.13. The van der Waals surface area contributed by atoms with Crippen LogP contribution in [0.1, 0.15) is 17.3 Å². The summed E-state index contributed by atoms with van der Waals surface area (Å²) in [5.74, 6) is -1.06. The van der Waals surface area contributed by atoms with E-state index in [4.69, 9.17) is 0 Å². The van der Waals surface area contributed by atoms with Crippen LogP contribution in [-0.4, -0.2) is 20.2 Å². The van der Waals surface area contributed by atoms with Crippen LogP contribution in [-0.2, 0) is 14.8 Å². The number of carbonyl (C=O) groups excluding carboxylic acids is 2. The van der Waals surface area contributed by atoms with Crippen LogP contribution in [0.4, 0.5) is 5.69 Å². The van der Waals surface area contributed by atoms with Gasteiger partial charge in [-0.05, 0) is 41.8 Å². The van der Waals surface area contributed by atoms with E-state index >= 15 is 0 Å². The molecule has 2 N–H and O–H groups in total. The number of fused-ring (bicyclic) bond motifs is 1. The second kappa shape index (κ2) is 7.50. The SMILES string of the molecule is CC(=O)NS(=O)(=O)c1cccc2cccc(NC(=O)c3ccc(Br)cc3)c12. The van der Waals surface area contributed by atoms with Gasteiger partial charge in [-0.2, -0.15) is 0 Å². The second-order valence-electron chi connectivity index (χ2n) is 5.78. The molecule has 0 aromatic heterocycles. The Kier molecular flexibility index (Phi) is 5.29. The van der Waals surface area contributed by atoms with Gasteiger partial charge >= 0.3 is 0 Å². The third kappa shape index (κ3) is 4.17. The average molecular weight is 447 g/mol. The number of sulfonamides is 1. The van der Waals surface area contributed by atoms with Crippen molar-refractivity contribution < 1.29 is 18.0 Å². The molecule has 6 nitrogen and oxygen atoms in total. The Bertz CT molecular complexity index is 1140. The number of carbonyl (C=O) groups is 2. The molecule has 3 rings (SSSR count). The van der Waals surface area contributed by atoms with Gasteiger partial charge in [0.15, 0.2) is 0 Å². The van der Waals surface area contributed by atoms with Crippen LogP contribution in [0.25, 0.3) is 10.8 Å². The zero-order valence-electron chi connectivity index (χ0n) is 14.2. The van der Waals surface area contributed by atoms with E-state index in [1.54, 1.807) is 54.6 Å². The number of anilines is 1. The van der Waals surface area contributed by atoms with Crippen LogP contribution in [0.5, 0.6) is 0 Å². The molecule has 0 aliphatic heterocycles. The topological polar surface area (TPSA) is 92.3 Å². The Labute approximate surface area is 164 Å². The molecule has 2 amide bonds. The Hall–Kier alpha value is -2.71. The first-order valence-electron chi connectivity index (χ1n) is 7.90. The maximum atomic E-state index is 12.6. The van der Waals surface area contributed by atoms with E-state index in [0.29, 0.717) is 22.0 Å². The third-order valence-electron chi connectivity index (χ3n) is 3.79. The molecule has 0 saturated heterocycles. The van der Waals surface area contributed by atoms with Crippen molar-refractivity contribution in [2.45, 2.75) is 11.8 Å². The van der Waals surface area contributed by atoms with Gasteiger partial charge in [-0.15, -0.1) is 0 Å². The highest BCUT2D eigenvalue weighted by atomic mass is 79.9. The lowest BCUT2D eigenvalue weighted by Crippen LogP contribution is -2.28. The van der Waals surface area contributed by atoms with Gasteiger partial charge in [0, 0.05) is 22.3 Å². The van der Waals surface area contributed by atoms with E-state index in [1.165, 1.54) is 6.07 Å². The van der Waals surface area contributed by atoms with E-state index in [9.17, 15) is 18.0 Å². The molecule has 0 unspecified atom stereocenters. The number of hydrogen-bond donors (Lipinski definition) is 2. The summed E-state index contributed by atoms with van der Waals surface area (Å²) in [6.45, 7) is 1.12. The monoisotopic (exact) mass is 446 g/mol. The lowest BCUT2D eigenvalue weighted by molar-refractivity contribution is -0.117. The number of amides is 2. The first-order chi connectivity index (χ1) is 12.8. The second-order valence-corrected chi connectivity index (χ2v) is 8.35. The van der Waals surface area contributed by atoms with Crippen molar-refractivity contribution in [3.05, 3.63) is 70.7 Å². The van der Waals surface area contributed by atoms with Crippen molar-refractivity contribution in [2.75, 3.05) is 5.32 Å². The summed E-state index contributed by atoms with van der Waals surface area (Å²) in [6.07, 6.45) is 0. The van der Waals surface area contributed by atoms with Crippen molar-refractivity contribution in [3.63, 3.8) is 0 Å². The molecule has 0 aliphatic rings. The van der Waals surface area contributed by atoms with E-state index < -0.39 is 15.9 Å². The van der Waals surface area contributed by atoms with Gasteiger partial charge in [0.05, 0.1) is 10.6 Å². The summed E-state index contributed by atoms with van der Waals surface area (Å²) in [4.78, 5) is 23.8. The minimum absolute atomic E-state index is 0.0816. The minimum Gasteiger partial charge on any atom is -0.321 e. The van der Waals surface area contributed by atoms with Crippen molar-refractivity contribution in [1.29, 1.82) is 0 Å². The molecule has 0 fully saturated rings. The van der Waals surface area contributed by atoms with Crippen LogP contribution in [0.15, 0.2) is 70.0 Å². The first kappa shape index (κ1) is 19.1. The van der Waals surface area contributed by atoms with Gasteiger partial charge in [0.1, 0.15) is 0 Å². The molecule has 0 heterocycles. The Balaban J connectivity index is 2.10. The fourth-order valence-corrected chi connectivity index (χ4v) is 4.18. The summed E-state index contributed by atoms with van der Waals surface area (Å²) >= 11 is 3.31. The summed E-state index contributed by atoms with van der Waals surface area (Å²) < 4.78 is 27.9. The number of nitrogens with one attached hydrogen (secondary N) is 2. The quantitative estimate of drug-likeness (QED) is 0.639. The van der Waals surface area contributed by atoms with Gasteiger partial charge in [0.2, 0.25) is 5.91 Å². The highest BCUT2D eigenvalue weighted by Gasteiger charge is 2.21. The average Bonchev–Trinajstić information content (AvgIpc) is 2.61. The van der Waals surface area contributed by atoms with Gasteiger partial charge in [-0.1, -0.05) is 40.2 Å². The zero-order valence-corrected chi connectivity index (χ0v) is 16.6. The summed E-state index contributed by atoms with van der Waals surface area (Å²) in [6, 6.07) is 16.6. The zero-order chi connectivity index (χ0) is 19.6. The molecule has 27 heavy (non-hydrogen) atoms. The van der Waals surface area contributed by atoms with E-state index in [0.717, 1.165) is 11.4 Å². The highest BCUT2D eigenvalue weighted by molar-refractivity contribution is 9.10. The normalized spacial score (nSPS) is 11.2. The summed E-state index contributed by atoms with van der Waals surface area (Å²) in [7, 11) is -4.07. The van der Waals surface area contributed by atoms with E-state index in [-0.39, 0.29) is 10.8 Å². The van der Waals surface area contributed by atoms with Gasteiger partial charge in [-0.25, -0.2) is 13.1 Å². The predicted octanol–water partition coefficient (Wildman–Crippen LogP) is 3.68. The van der Waals surface area contributed by atoms with Crippen molar-refractivity contribution in [3.8, 4) is 0 Å². The molecule has 0 atom stereocenters. The Morgan fingerprint density at radius 1 is 0.926 bits per heavy atom. The molecular formula is C19H15BrN2O4S. The Morgan fingerprint density at radius 3 is 2.19 bits per heavy atom. The molecule has 0 aliphatic carbocycles. The standard InChI is InChI=1S/C19H15BrN2O4S/c1-12(23)22-27(25,26)17-7-3-5-13-4-2-6-16(18(13)17)21-19(24)14-8-10-15(20)11-9-14/h2-11H,1H3,(H,21,24)(H,22,23). The highest BCUT2D eigenvalue weighted by Crippen LogP contribution is 2.30. The lowest BCUT2D eigenvalue weighted by atomic mass is 10.1. The maximum Gasteiger partial charge on any atom is 0.264 e. The van der Waals surface area contributed by atoms with Crippen LogP contribution in [0, 0.1) is 0 Å². The fourth-order valence-electron chi connectivity index (χ4n) is 2.67. The van der Waals surface area contributed by atoms with Gasteiger partial charge in [-0.3, -0.25) is 9.59 Å². The summed E-state index contributed by atoms with van der Waals surface area (Å²) in [5, 5.41) is 3.71. The fraction of sp³-hybridized carbons (Fsp3) is 0.0526. The van der Waals surface area contributed by atoms with Crippen LogP contribution in [0.3, 0.4) is 0 Å². The van der Waals surface area contributed by atoms with Crippen molar-refractivity contribution in [2.24, 2.45) is 0 Å². The largest absolute Gasteiger partial charge is 0.321 e. The van der Waals surface area contributed by atoms with E-state index in [2.05, 4.69) is 21.2 Å². The Morgan fingerprint density at radius 2 is 1.56 bits per heavy atom. The molecule has 8 heteroatoms. The summed E-state index contributed by atoms with van der Waals surface area (Å²) in [5.41, 5.74) is 0.766. The molecule has 3 aromatic rings. The molecular weight excluding hydrogens is 432 g/mol. The van der Waals surface area contributed by atoms with Gasteiger partial charge in [0.25, 0.3) is 15.9 Å². The van der Waals surface area contributed by atoms with Crippen LogP contribution in [0.2, 0.25) is 0 Å². The molecule has 0 radical (unpaired) electrons. The molecule has 0 spiro atoms. The third-order valence-corrected chi connectivity index (χ3v) is 5.79. The number of rotatable bonds is 4. The molecule has 0 saturated carbocycles. The number of halogens is 1. The van der Waals surface area contributed by atoms with Gasteiger partial charge < -0.3 is 5.32 Å². The molecule has 0 bridgehead atoms. The molecule has 138 valence electrons. The van der Waals surface area contributed by atoms with Crippen LogP contribution >= 0.6 is 15.9 Å². The number of hydrogen-bond acceptors (Lipinski definition) is 4. The van der Waals surface area contributed by atoms with Crippen molar-refractivity contribution >= 4 is 54.2 Å². The minimum atomic E-state index is -4.07. The molecule has 3 aromatic carbocycles.